The molecule has 1 aliphatic heterocycles. The highest BCUT2D eigenvalue weighted by atomic mass is 32.1. The van der Waals surface area contributed by atoms with E-state index in [0.717, 1.165) is 39.5 Å². The van der Waals surface area contributed by atoms with Gasteiger partial charge in [0.25, 0.3) is 0 Å². The number of hydrogen-bond donors (Lipinski definition) is 1. The average molecular weight is 566 g/mol. The SMILES string of the molecule is CC(C)c1ccccc1NC(=S)N=NC=C1C=CC2C(=C1)OCc1c2nn(C)c1-c1ccc(OC(F)(F)F)cc1. The molecule has 2 aromatic carbocycles. The van der Waals surface area contributed by atoms with Crippen LogP contribution in [0, 0.1) is 0 Å². The molecular weight excluding hydrogens is 539 g/mol. The first-order chi connectivity index (χ1) is 19.1. The number of nitrogens with one attached hydrogen (secondary N) is 1. The molecule has 11 heteroatoms. The zero-order valence-electron chi connectivity index (χ0n) is 21.9. The van der Waals surface area contributed by atoms with E-state index in [1.807, 2.05) is 42.5 Å². The van der Waals surface area contributed by atoms with Crippen molar-refractivity contribution in [3.05, 3.63) is 101 Å². The second-order valence-corrected chi connectivity index (χ2v) is 9.98. The first kappa shape index (κ1) is 27.3. The van der Waals surface area contributed by atoms with Gasteiger partial charge < -0.3 is 14.8 Å². The number of benzene rings is 2. The van der Waals surface area contributed by atoms with Gasteiger partial charge in [0.15, 0.2) is 0 Å². The molecule has 1 N–H and O–H groups in total. The van der Waals surface area contributed by atoms with Gasteiger partial charge in [-0.05, 0) is 65.7 Å². The molecule has 1 unspecified atom stereocenters. The van der Waals surface area contributed by atoms with Gasteiger partial charge in [0.1, 0.15) is 18.1 Å². The molecule has 0 bridgehead atoms. The van der Waals surface area contributed by atoms with E-state index < -0.39 is 6.36 Å². The topological polar surface area (TPSA) is 73.0 Å². The van der Waals surface area contributed by atoms with Crippen LogP contribution in [0.25, 0.3) is 11.3 Å². The predicted octanol–water partition coefficient (Wildman–Crippen LogP) is 7.91. The minimum Gasteiger partial charge on any atom is -0.492 e. The van der Waals surface area contributed by atoms with Crippen LogP contribution in [0.2, 0.25) is 0 Å². The molecule has 3 aromatic rings. The Bertz CT molecular complexity index is 1550. The number of fused-ring (bicyclic) bond motifs is 3. The fourth-order valence-electron chi connectivity index (χ4n) is 4.76. The third kappa shape index (κ3) is 5.99. The van der Waals surface area contributed by atoms with Crippen LogP contribution in [0.5, 0.6) is 5.75 Å². The molecule has 40 heavy (non-hydrogen) atoms. The number of aromatic nitrogens is 2. The number of alkyl halides is 3. The van der Waals surface area contributed by atoms with Crippen molar-refractivity contribution in [2.24, 2.45) is 17.3 Å². The largest absolute Gasteiger partial charge is 0.573 e. The molecule has 0 radical (unpaired) electrons. The van der Waals surface area contributed by atoms with E-state index in [2.05, 4.69) is 34.1 Å². The number of ether oxygens (including phenoxy) is 2. The first-order valence-electron chi connectivity index (χ1n) is 12.5. The van der Waals surface area contributed by atoms with Gasteiger partial charge in [-0.3, -0.25) is 4.68 Å². The van der Waals surface area contributed by atoms with Crippen molar-refractivity contribution >= 4 is 23.0 Å². The molecule has 1 atom stereocenters. The van der Waals surface area contributed by atoms with E-state index in [4.69, 9.17) is 22.1 Å². The quantitative estimate of drug-likeness (QED) is 0.251. The van der Waals surface area contributed by atoms with Gasteiger partial charge in [0.2, 0.25) is 5.11 Å². The standard InChI is InChI=1S/C29H26F3N5O2S/c1-17(2)21-6-4-5-7-24(21)34-28(40)35-33-15-18-8-13-22-25(14-18)38-16-23-26(22)36-37(3)27(23)19-9-11-20(12-10-19)39-29(30,31)32/h4-15,17,22H,16H2,1-3H3,(H,34,40). The van der Waals surface area contributed by atoms with E-state index >= 15 is 0 Å². The minimum absolute atomic E-state index is 0.194. The minimum atomic E-state index is -4.74. The first-order valence-corrected chi connectivity index (χ1v) is 13.0. The number of azo groups is 1. The lowest BCUT2D eigenvalue weighted by Gasteiger charge is -2.26. The summed E-state index contributed by atoms with van der Waals surface area (Å²) in [5, 5.41) is 16.4. The Morgan fingerprint density at radius 2 is 1.95 bits per heavy atom. The molecule has 1 aromatic heterocycles. The number of thiocarbonyl (C=S) groups is 1. The Hall–Kier alpha value is -4.25. The van der Waals surface area contributed by atoms with Gasteiger partial charge in [-0.15, -0.1) is 18.3 Å². The van der Waals surface area contributed by atoms with Crippen molar-refractivity contribution < 1.29 is 22.6 Å². The van der Waals surface area contributed by atoms with Crippen molar-refractivity contribution in [1.29, 1.82) is 0 Å². The van der Waals surface area contributed by atoms with Gasteiger partial charge in [0, 0.05) is 23.9 Å². The highest BCUT2D eigenvalue weighted by molar-refractivity contribution is 7.80. The summed E-state index contributed by atoms with van der Waals surface area (Å²) in [5.41, 5.74) is 6.03. The van der Waals surface area contributed by atoms with Crippen molar-refractivity contribution in [1.82, 2.24) is 9.78 Å². The third-order valence-corrected chi connectivity index (χ3v) is 6.68. The highest BCUT2D eigenvalue weighted by Gasteiger charge is 2.33. The number of halogens is 3. The predicted molar refractivity (Wildman–Crippen MR) is 150 cm³/mol. The van der Waals surface area contributed by atoms with E-state index in [0.29, 0.717) is 11.5 Å². The summed E-state index contributed by atoms with van der Waals surface area (Å²) >= 11 is 5.34. The summed E-state index contributed by atoms with van der Waals surface area (Å²) in [7, 11) is 1.80. The van der Waals surface area contributed by atoms with Gasteiger partial charge in [-0.1, -0.05) is 44.2 Å². The lowest BCUT2D eigenvalue weighted by atomic mass is 9.90. The van der Waals surface area contributed by atoms with Crippen LogP contribution in [0.15, 0.2) is 94.5 Å². The van der Waals surface area contributed by atoms with E-state index in [9.17, 15) is 13.2 Å². The number of rotatable bonds is 5. The van der Waals surface area contributed by atoms with E-state index in [1.54, 1.807) is 30.1 Å². The summed E-state index contributed by atoms with van der Waals surface area (Å²) in [4.78, 5) is 0. The Morgan fingerprint density at radius 1 is 1.20 bits per heavy atom. The van der Waals surface area contributed by atoms with Crippen molar-refractivity contribution in [3.63, 3.8) is 0 Å². The van der Waals surface area contributed by atoms with Gasteiger partial charge >= 0.3 is 6.36 Å². The second-order valence-electron chi connectivity index (χ2n) is 9.60. The van der Waals surface area contributed by atoms with Crippen molar-refractivity contribution in [3.8, 4) is 17.0 Å². The number of para-hydroxylation sites is 1. The summed E-state index contributed by atoms with van der Waals surface area (Å²) in [6.45, 7) is 4.50. The molecule has 2 aliphatic rings. The molecule has 0 amide bonds. The number of hydrogen-bond acceptors (Lipinski definition) is 5. The molecule has 0 saturated carbocycles. The maximum absolute atomic E-state index is 12.5. The van der Waals surface area contributed by atoms with Crippen LogP contribution >= 0.6 is 12.2 Å². The third-order valence-electron chi connectivity index (χ3n) is 6.49. The van der Waals surface area contributed by atoms with Gasteiger partial charge in [0.05, 0.1) is 23.5 Å². The molecular formula is C29H26F3N5O2S. The van der Waals surface area contributed by atoms with Crippen LogP contribution in [-0.2, 0) is 18.4 Å². The number of allylic oxidation sites excluding steroid dienone is 4. The highest BCUT2D eigenvalue weighted by Crippen LogP contribution is 2.41. The number of nitrogens with zero attached hydrogens (tertiary/aromatic N) is 4. The Labute approximate surface area is 234 Å². The van der Waals surface area contributed by atoms with Crippen LogP contribution < -0.4 is 10.1 Å². The molecule has 5 rings (SSSR count). The normalized spacial score (nSPS) is 17.4. The maximum Gasteiger partial charge on any atom is 0.573 e. The Morgan fingerprint density at radius 3 is 2.67 bits per heavy atom. The number of anilines is 1. The second kappa shape index (κ2) is 11.1. The molecule has 1 aliphatic carbocycles. The van der Waals surface area contributed by atoms with Gasteiger partial charge in [-0.2, -0.15) is 10.2 Å². The Balaban J connectivity index is 1.29. The van der Waals surface area contributed by atoms with Crippen LogP contribution in [0.3, 0.4) is 0 Å². The van der Waals surface area contributed by atoms with E-state index in [-0.39, 0.29) is 23.4 Å². The molecule has 2 heterocycles. The van der Waals surface area contributed by atoms with Crippen LogP contribution in [0.4, 0.5) is 18.9 Å². The van der Waals surface area contributed by atoms with Crippen LogP contribution in [0.1, 0.15) is 42.5 Å². The smallest absolute Gasteiger partial charge is 0.492 e. The fourth-order valence-corrected chi connectivity index (χ4v) is 4.91. The fraction of sp³-hybridized carbons (Fsp3) is 0.241. The van der Waals surface area contributed by atoms with Crippen molar-refractivity contribution in [2.45, 2.75) is 38.7 Å². The molecule has 7 nitrogen and oxygen atoms in total. The molecule has 206 valence electrons. The monoisotopic (exact) mass is 565 g/mol. The number of aryl methyl sites for hydroxylation is 1. The molecule has 0 saturated heterocycles. The maximum atomic E-state index is 12.5. The average Bonchev–Trinajstić information content (AvgIpc) is 3.24. The summed E-state index contributed by atoms with van der Waals surface area (Å²) in [5.74, 6) is 0.585. The Kier molecular flexibility index (Phi) is 7.57. The van der Waals surface area contributed by atoms with Crippen LogP contribution in [-0.4, -0.2) is 21.3 Å². The molecule has 0 spiro atoms. The lowest BCUT2D eigenvalue weighted by Crippen LogP contribution is -2.17. The summed E-state index contributed by atoms with van der Waals surface area (Å²) in [6.07, 6.45) is 2.63. The zero-order chi connectivity index (χ0) is 28.4. The zero-order valence-corrected chi connectivity index (χ0v) is 22.8. The summed E-state index contributed by atoms with van der Waals surface area (Å²) < 4.78 is 49.3. The molecule has 0 fully saturated rings. The summed E-state index contributed by atoms with van der Waals surface area (Å²) in [6, 6.07) is 13.7. The van der Waals surface area contributed by atoms with E-state index in [1.165, 1.54) is 12.1 Å². The van der Waals surface area contributed by atoms with Gasteiger partial charge in [-0.25, -0.2) is 0 Å². The van der Waals surface area contributed by atoms with Crippen molar-refractivity contribution in [2.75, 3.05) is 5.32 Å². The lowest BCUT2D eigenvalue weighted by molar-refractivity contribution is -0.274.